The van der Waals surface area contributed by atoms with Crippen molar-refractivity contribution in [1.29, 1.82) is 0 Å². The summed E-state index contributed by atoms with van der Waals surface area (Å²) < 4.78 is 20.2. The molecule has 0 saturated heterocycles. The Morgan fingerprint density at radius 3 is 2.29 bits per heavy atom. The van der Waals surface area contributed by atoms with Gasteiger partial charge in [0.1, 0.15) is 5.82 Å². The number of aryl methyl sites for hydroxylation is 1. The van der Waals surface area contributed by atoms with Gasteiger partial charge in [0.25, 0.3) is 0 Å². The van der Waals surface area contributed by atoms with Crippen LogP contribution in [0.3, 0.4) is 0 Å². The predicted octanol–water partition coefficient (Wildman–Crippen LogP) is 7.78. The van der Waals surface area contributed by atoms with Crippen LogP contribution >= 0.6 is 0 Å². The van der Waals surface area contributed by atoms with E-state index in [2.05, 4.69) is 17.1 Å². The van der Waals surface area contributed by atoms with E-state index in [1.165, 1.54) is 57.8 Å². The highest BCUT2D eigenvalue weighted by atomic mass is 19.1. The summed E-state index contributed by atoms with van der Waals surface area (Å²) >= 11 is 0. The second kappa shape index (κ2) is 12.8. The molecule has 0 amide bonds. The van der Waals surface area contributed by atoms with Gasteiger partial charge in [-0.2, -0.15) is 0 Å². The Morgan fingerprint density at radius 1 is 0.871 bits per heavy atom. The Kier molecular flexibility index (Phi) is 9.77. The Labute approximate surface area is 187 Å². The van der Waals surface area contributed by atoms with Crippen LogP contribution < -0.4 is 4.74 Å². The van der Waals surface area contributed by atoms with E-state index in [9.17, 15) is 4.39 Å². The van der Waals surface area contributed by atoms with Crippen LogP contribution in [0.25, 0.3) is 11.3 Å². The Hall–Kier alpha value is -1.97. The largest absolute Gasteiger partial charge is 0.477 e. The molecule has 1 aliphatic rings. The number of rotatable bonds is 12. The third-order valence-electron chi connectivity index (χ3n) is 6.70. The van der Waals surface area contributed by atoms with E-state index in [-0.39, 0.29) is 5.82 Å². The van der Waals surface area contributed by atoms with E-state index in [1.54, 1.807) is 12.1 Å². The molecule has 1 aromatic carbocycles. The number of ether oxygens (including phenoxy) is 1. The zero-order valence-electron chi connectivity index (χ0n) is 19.4. The lowest BCUT2D eigenvalue weighted by atomic mass is 9.77. The van der Waals surface area contributed by atoms with Crippen LogP contribution in [-0.2, 0) is 6.42 Å². The first-order valence-corrected chi connectivity index (χ1v) is 12.4. The molecule has 1 fully saturated rings. The highest BCUT2D eigenvalue weighted by molar-refractivity contribution is 5.59. The van der Waals surface area contributed by atoms with Gasteiger partial charge in [0, 0.05) is 11.6 Å². The third-order valence-corrected chi connectivity index (χ3v) is 6.70. The number of hydrogen-bond donors (Lipinski definition) is 0. The van der Waals surface area contributed by atoms with Gasteiger partial charge in [-0.1, -0.05) is 83.8 Å². The van der Waals surface area contributed by atoms with Gasteiger partial charge in [0.2, 0.25) is 5.88 Å². The van der Waals surface area contributed by atoms with Gasteiger partial charge in [0.15, 0.2) is 0 Å². The Morgan fingerprint density at radius 2 is 1.65 bits per heavy atom. The normalized spacial score (nSPS) is 18.8. The maximum absolute atomic E-state index is 14.7. The van der Waals surface area contributed by atoms with Gasteiger partial charge < -0.3 is 4.74 Å². The van der Waals surface area contributed by atoms with Gasteiger partial charge in [-0.25, -0.2) is 4.39 Å². The molecule has 170 valence electrons. The highest BCUT2D eigenvalue weighted by Crippen LogP contribution is 2.34. The Bertz CT molecular complexity index is 769. The van der Waals surface area contributed by atoms with Gasteiger partial charge in [-0.3, -0.25) is 0 Å². The lowest BCUT2D eigenvalue weighted by molar-refractivity contribution is 0.248. The zero-order chi connectivity index (χ0) is 21.9. The number of halogens is 1. The van der Waals surface area contributed by atoms with Gasteiger partial charge in [0.05, 0.1) is 12.3 Å². The van der Waals surface area contributed by atoms with E-state index < -0.39 is 0 Å². The molecule has 0 atom stereocenters. The summed E-state index contributed by atoms with van der Waals surface area (Å²) in [7, 11) is 0. The first kappa shape index (κ1) is 23.7. The zero-order valence-corrected chi connectivity index (χ0v) is 19.4. The molecule has 0 spiro atoms. The molecule has 4 heteroatoms. The molecule has 1 saturated carbocycles. The van der Waals surface area contributed by atoms with Crippen LogP contribution in [0, 0.1) is 17.7 Å². The molecule has 31 heavy (non-hydrogen) atoms. The maximum Gasteiger partial charge on any atom is 0.233 e. The summed E-state index contributed by atoms with van der Waals surface area (Å²) in [5.41, 5.74) is 2.26. The van der Waals surface area contributed by atoms with Crippen LogP contribution in [0.15, 0.2) is 30.3 Å². The number of benzene rings is 1. The van der Waals surface area contributed by atoms with Crippen molar-refractivity contribution in [3.05, 3.63) is 41.7 Å². The van der Waals surface area contributed by atoms with Gasteiger partial charge in [-0.05, 0) is 48.8 Å². The minimum atomic E-state index is -0.129. The highest BCUT2D eigenvalue weighted by Gasteiger charge is 2.21. The molecule has 0 aliphatic heterocycles. The maximum atomic E-state index is 14.7. The molecule has 1 heterocycles. The molecule has 1 aliphatic carbocycles. The van der Waals surface area contributed by atoms with Crippen LogP contribution in [0.4, 0.5) is 4.39 Å². The summed E-state index contributed by atoms with van der Waals surface area (Å²) in [4.78, 5) is 0. The van der Waals surface area contributed by atoms with Crippen LogP contribution in [-0.4, -0.2) is 16.8 Å². The summed E-state index contributed by atoms with van der Waals surface area (Å²) in [6.07, 6.45) is 15.1. The van der Waals surface area contributed by atoms with Crippen molar-refractivity contribution in [2.45, 2.75) is 90.9 Å². The minimum absolute atomic E-state index is 0.129. The lowest BCUT2D eigenvalue weighted by Gasteiger charge is -2.28. The molecule has 0 unspecified atom stereocenters. The molecule has 1 aromatic heterocycles. The van der Waals surface area contributed by atoms with E-state index >= 15 is 0 Å². The molecule has 3 nitrogen and oxygen atoms in total. The molecule has 2 aromatic rings. The summed E-state index contributed by atoms with van der Waals surface area (Å²) in [5, 5.41) is 8.27. The summed E-state index contributed by atoms with van der Waals surface area (Å²) in [6, 6.07) is 9.12. The topological polar surface area (TPSA) is 35.0 Å². The van der Waals surface area contributed by atoms with Crippen molar-refractivity contribution in [2.75, 3.05) is 6.61 Å². The summed E-state index contributed by atoms with van der Waals surface area (Å²) in [6.45, 7) is 4.95. The standard InChI is InChI=1S/C27H39FN2O/c1-3-5-6-7-8-21-9-11-22(12-10-21)13-14-23-15-16-24(20-25(23)28)26-17-18-27(30-29-26)31-19-4-2/h15-18,20-22H,3-14,19H2,1-2H3. The van der Waals surface area contributed by atoms with Crippen LogP contribution in [0.1, 0.15) is 90.0 Å². The average Bonchev–Trinajstić information content (AvgIpc) is 2.81. The first-order valence-electron chi connectivity index (χ1n) is 12.4. The molecule has 0 bridgehead atoms. The number of unbranched alkanes of at least 4 members (excludes halogenated alkanes) is 3. The smallest absolute Gasteiger partial charge is 0.233 e. The van der Waals surface area contributed by atoms with Crippen molar-refractivity contribution < 1.29 is 9.13 Å². The van der Waals surface area contributed by atoms with Crippen molar-refractivity contribution in [1.82, 2.24) is 10.2 Å². The van der Waals surface area contributed by atoms with Crippen molar-refractivity contribution in [3.8, 4) is 17.1 Å². The fraction of sp³-hybridized carbons (Fsp3) is 0.630. The second-order valence-corrected chi connectivity index (χ2v) is 9.19. The molecular weight excluding hydrogens is 387 g/mol. The number of hydrogen-bond acceptors (Lipinski definition) is 3. The van der Waals surface area contributed by atoms with E-state index in [0.717, 1.165) is 42.2 Å². The van der Waals surface area contributed by atoms with E-state index in [4.69, 9.17) is 4.74 Å². The van der Waals surface area contributed by atoms with Crippen molar-refractivity contribution in [2.24, 2.45) is 11.8 Å². The summed E-state index contributed by atoms with van der Waals surface area (Å²) in [5.74, 6) is 2.07. The molecule has 0 N–H and O–H groups in total. The SMILES string of the molecule is CCCCCCC1CCC(CCc2ccc(-c3ccc(OCCC)nn3)cc2F)CC1. The first-order chi connectivity index (χ1) is 15.2. The fourth-order valence-corrected chi connectivity index (χ4v) is 4.70. The minimum Gasteiger partial charge on any atom is -0.477 e. The third kappa shape index (κ3) is 7.59. The van der Waals surface area contributed by atoms with Crippen molar-refractivity contribution in [3.63, 3.8) is 0 Å². The number of aromatic nitrogens is 2. The van der Waals surface area contributed by atoms with Crippen molar-refractivity contribution >= 4 is 0 Å². The van der Waals surface area contributed by atoms with Gasteiger partial charge in [-0.15, -0.1) is 10.2 Å². The monoisotopic (exact) mass is 426 g/mol. The predicted molar refractivity (Wildman–Crippen MR) is 126 cm³/mol. The Balaban J connectivity index is 1.45. The molecule has 0 radical (unpaired) electrons. The number of nitrogens with zero attached hydrogens (tertiary/aromatic N) is 2. The van der Waals surface area contributed by atoms with E-state index in [1.807, 2.05) is 25.1 Å². The van der Waals surface area contributed by atoms with Crippen LogP contribution in [0.2, 0.25) is 0 Å². The second-order valence-electron chi connectivity index (χ2n) is 9.19. The van der Waals surface area contributed by atoms with Gasteiger partial charge >= 0.3 is 0 Å². The lowest BCUT2D eigenvalue weighted by Crippen LogP contribution is -2.15. The molecular formula is C27H39FN2O. The van der Waals surface area contributed by atoms with Crippen LogP contribution in [0.5, 0.6) is 5.88 Å². The van der Waals surface area contributed by atoms with E-state index in [0.29, 0.717) is 18.2 Å². The average molecular weight is 427 g/mol. The molecule has 3 rings (SSSR count). The fourth-order valence-electron chi connectivity index (χ4n) is 4.70. The quantitative estimate of drug-likeness (QED) is 0.325.